The summed E-state index contributed by atoms with van der Waals surface area (Å²) in [6, 6.07) is 10.9. The number of aliphatic imine (C=N–C) groups is 1. The van der Waals surface area contributed by atoms with Crippen LogP contribution in [0.4, 0.5) is 5.69 Å². The van der Waals surface area contributed by atoms with Crippen molar-refractivity contribution in [1.29, 1.82) is 0 Å². The molecule has 0 saturated carbocycles. The second-order valence-corrected chi connectivity index (χ2v) is 7.72. The van der Waals surface area contributed by atoms with Crippen molar-refractivity contribution in [3.8, 4) is 5.75 Å². The van der Waals surface area contributed by atoms with Crippen LogP contribution in [-0.4, -0.2) is 28.3 Å². The minimum absolute atomic E-state index is 0.00815. The van der Waals surface area contributed by atoms with E-state index in [2.05, 4.69) is 10.3 Å². The van der Waals surface area contributed by atoms with Gasteiger partial charge in [-0.15, -0.1) is 0 Å². The van der Waals surface area contributed by atoms with Gasteiger partial charge in [-0.25, -0.2) is 9.79 Å². The van der Waals surface area contributed by atoms with Gasteiger partial charge in [0, 0.05) is 23.1 Å². The molecule has 1 aliphatic heterocycles. The molecule has 2 aromatic carbocycles. The lowest BCUT2D eigenvalue weighted by Gasteiger charge is -2.25. The molecule has 2 aromatic rings. The summed E-state index contributed by atoms with van der Waals surface area (Å²) >= 11 is 7.63. The lowest BCUT2D eigenvalue weighted by Crippen LogP contribution is -2.30. The van der Waals surface area contributed by atoms with E-state index in [9.17, 15) is 20.0 Å². The van der Waals surface area contributed by atoms with Crippen molar-refractivity contribution in [2.45, 2.75) is 18.7 Å². The third kappa shape index (κ3) is 4.58. The van der Waals surface area contributed by atoms with Gasteiger partial charge >= 0.3 is 5.97 Å². The molecule has 0 aliphatic carbocycles. The zero-order valence-electron chi connectivity index (χ0n) is 16.1. The minimum Gasteiger partial charge on any atom is -0.497 e. The number of nitrogens with one attached hydrogen (secondary N) is 1. The number of hydrogen-bond donors (Lipinski definition) is 2. The second-order valence-electron chi connectivity index (χ2n) is 6.38. The van der Waals surface area contributed by atoms with Crippen LogP contribution < -0.4 is 10.1 Å². The van der Waals surface area contributed by atoms with Gasteiger partial charge in [-0.1, -0.05) is 47.6 Å². The van der Waals surface area contributed by atoms with E-state index in [0.29, 0.717) is 16.6 Å². The van der Waals surface area contributed by atoms with Crippen molar-refractivity contribution in [3.63, 3.8) is 0 Å². The van der Waals surface area contributed by atoms with Gasteiger partial charge in [0.05, 0.1) is 17.6 Å². The van der Waals surface area contributed by atoms with Crippen molar-refractivity contribution >= 4 is 40.2 Å². The maximum absolute atomic E-state index is 11.9. The number of amidine groups is 1. The number of nitro groups is 1. The molecule has 1 aliphatic rings. The zero-order valence-corrected chi connectivity index (χ0v) is 17.7. The van der Waals surface area contributed by atoms with E-state index in [1.807, 2.05) is 24.3 Å². The quantitative estimate of drug-likeness (QED) is 0.493. The molecule has 10 heteroatoms. The smallest absolute Gasteiger partial charge is 0.335 e. The Hall–Kier alpha value is -3.04. The highest BCUT2D eigenvalue weighted by atomic mass is 35.5. The number of aliphatic carboxylic acids is 1. The maximum atomic E-state index is 11.9. The number of ether oxygens (including phenoxy) is 1. The van der Waals surface area contributed by atoms with Crippen molar-refractivity contribution in [3.05, 3.63) is 80.0 Å². The summed E-state index contributed by atoms with van der Waals surface area (Å²) in [6.45, 7) is 1.63. The van der Waals surface area contributed by atoms with Gasteiger partial charge in [0.25, 0.3) is 5.69 Å². The summed E-state index contributed by atoms with van der Waals surface area (Å²) < 4.78 is 5.15. The van der Waals surface area contributed by atoms with E-state index < -0.39 is 16.9 Å². The molecule has 0 radical (unpaired) electrons. The molecule has 8 nitrogen and oxygen atoms in total. The van der Waals surface area contributed by atoms with Crippen molar-refractivity contribution < 1.29 is 19.6 Å². The Labute approximate surface area is 181 Å². The first-order valence-electron chi connectivity index (χ1n) is 8.79. The summed E-state index contributed by atoms with van der Waals surface area (Å²) in [5.74, 6) is 0.165. The Kier molecular flexibility index (Phi) is 6.63. The normalized spacial score (nSPS) is 16.0. The summed E-state index contributed by atoms with van der Waals surface area (Å²) in [5, 5.41) is 24.3. The maximum Gasteiger partial charge on any atom is 0.335 e. The highest BCUT2D eigenvalue weighted by Crippen LogP contribution is 2.39. The standard InChI is InChI=1S/C20H18ClN3O5S/c1-11-16(19(25)26)18(14-4-3-5-15(17(14)21)24(27)28)23-20(22-11)30-10-12-6-8-13(29-2)9-7-12/h3-9,18H,10H2,1-2H3,(H,22,23)(H,25,26). The van der Waals surface area contributed by atoms with Gasteiger partial charge < -0.3 is 15.2 Å². The van der Waals surface area contributed by atoms with Crippen LogP contribution in [0.2, 0.25) is 5.02 Å². The van der Waals surface area contributed by atoms with Crippen LogP contribution in [0.1, 0.15) is 24.1 Å². The van der Waals surface area contributed by atoms with Crippen LogP contribution in [0.5, 0.6) is 5.75 Å². The summed E-state index contributed by atoms with van der Waals surface area (Å²) in [4.78, 5) is 27.0. The lowest BCUT2D eigenvalue weighted by molar-refractivity contribution is -0.384. The molecule has 2 N–H and O–H groups in total. The van der Waals surface area contributed by atoms with Gasteiger partial charge in [0.2, 0.25) is 0 Å². The fourth-order valence-electron chi connectivity index (χ4n) is 2.99. The first kappa shape index (κ1) is 21.7. The van der Waals surface area contributed by atoms with E-state index in [1.54, 1.807) is 20.1 Å². The summed E-state index contributed by atoms with van der Waals surface area (Å²) in [5.41, 5.74) is 1.40. The van der Waals surface area contributed by atoms with E-state index >= 15 is 0 Å². The van der Waals surface area contributed by atoms with E-state index in [-0.39, 0.29) is 21.8 Å². The van der Waals surface area contributed by atoms with E-state index in [1.165, 1.54) is 23.9 Å². The average molecular weight is 448 g/mol. The third-order valence-electron chi connectivity index (χ3n) is 4.48. The molecule has 3 rings (SSSR count). The van der Waals surface area contributed by atoms with Crippen molar-refractivity contribution in [2.75, 3.05) is 7.11 Å². The molecule has 0 spiro atoms. The van der Waals surface area contributed by atoms with Crippen LogP contribution in [-0.2, 0) is 10.5 Å². The molecule has 0 saturated heterocycles. The van der Waals surface area contributed by atoms with Gasteiger partial charge in [0.15, 0.2) is 5.17 Å². The number of carboxylic acid groups (broad SMARTS) is 1. The number of carbonyl (C=O) groups is 1. The largest absolute Gasteiger partial charge is 0.497 e. The van der Waals surface area contributed by atoms with Crippen LogP contribution in [0.15, 0.2) is 58.7 Å². The number of allylic oxidation sites excluding steroid dienone is 1. The molecule has 1 unspecified atom stereocenters. The molecular weight excluding hydrogens is 430 g/mol. The highest BCUT2D eigenvalue weighted by Gasteiger charge is 2.32. The molecule has 1 atom stereocenters. The average Bonchev–Trinajstić information content (AvgIpc) is 2.71. The molecule has 0 amide bonds. The van der Waals surface area contributed by atoms with E-state index in [4.69, 9.17) is 16.3 Å². The number of carboxylic acids is 1. The van der Waals surface area contributed by atoms with Gasteiger partial charge in [-0.2, -0.15) is 0 Å². The molecule has 30 heavy (non-hydrogen) atoms. The molecule has 1 heterocycles. The Bertz CT molecular complexity index is 1050. The Morgan fingerprint density at radius 1 is 1.33 bits per heavy atom. The van der Waals surface area contributed by atoms with Gasteiger partial charge in [-0.05, 0) is 24.6 Å². The number of methoxy groups -OCH3 is 1. The minimum atomic E-state index is -1.17. The molecule has 0 aromatic heterocycles. The predicted octanol–water partition coefficient (Wildman–Crippen LogP) is 4.55. The van der Waals surface area contributed by atoms with Gasteiger partial charge in [-0.3, -0.25) is 10.1 Å². The number of hydrogen-bond acceptors (Lipinski definition) is 7. The molecular formula is C20H18ClN3O5S. The second kappa shape index (κ2) is 9.19. The molecule has 0 bridgehead atoms. The number of nitrogens with zero attached hydrogens (tertiary/aromatic N) is 2. The number of thioether (sulfide) groups is 1. The lowest BCUT2D eigenvalue weighted by atomic mass is 9.96. The van der Waals surface area contributed by atoms with Crippen LogP contribution in [0.25, 0.3) is 0 Å². The number of benzene rings is 2. The van der Waals surface area contributed by atoms with Crippen LogP contribution >= 0.6 is 23.4 Å². The van der Waals surface area contributed by atoms with Crippen LogP contribution in [0, 0.1) is 10.1 Å². The summed E-state index contributed by atoms with van der Waals surface area (Å²) in [7, 11) is 1.60. The topological polar surface area (TPSA) is 114 Å². The van der Waals surface area contributed by atoms with Gasteiger partial charge in [0.1, 0.15) is 16.8 Å². The van der Waals surface area contributed by atoms with Crippen molar-refractivity contribution in [1.82, 2.24) is 5.32 Å². The highest BCUT2D eigenvalue weighted by molar-refractivity contribution is 8.13. The molecule has 0 fully saturated rings. The van der Waals surface area contributed by atoms with E-state index in [0.717, 1.165) is 11.3 Å². The summed E-state index contributed by atoms with van der Waals surface area (Å²) in [6.07, 6.45) is 0. The fraction of sp³-hybridized carbons (Fsp3) is 0.200. The first-order valence-corrected chi connectivity index (χ1v) is 10.2. The number of nitro benzene ring substituents is 1. The van der Waals surface area contributed by atoms with Crippen molar-refractivity contribution in [2.24, 2.45) is 4.99 Å². The molecule has 156 valence electrons. The Balaban J connectivity index is 1.92. The fourth-order valence-corrected chi connectivity index (χ4v) is 4.18. The monoisotopic (exact) mass is 447 g/mol. The first-order chi connectivity index (χ1) is 14.3. The van der Waals surface area contributed by atoms with Crippen LogP contribution in [0.3, 0.4) is 0 Å². The number of rotatable bonds is 6. The zero-order chi connectivity index (χ0) is 21.8. The third-order valence-corrected chi connectivity index (χ3v) is 5.85. The Morgan fingerprint density at radius 2 is 2.03 bits per heavy atom. The predicted molar refractivity (Wildman–Crippen MR) is 116 cm³/mol. The Morgan fingerprint density at radius 3 is 2.63 bits per heavy atom. The SMILES string of the molecule is COc1ccc(CSC2=NC(c3cccc([N+](=O)[O-])c3Cl)C(C(=O)O)=C(C)N2)cc1. The number of halogens is 1.